The fourth-order valence-corrected chi connectivity index (χ4v) is 4.61. The van der Waals surface area contributed by atoms with Crippen LogP contribution in [0.25, 0.3) is 11.0 Å². The van der Waals surface area contributed by atoms with E-state index in [1.807, 2.05) is 13.8 Å². The molecule has 1 aromatic carbocycles. The molecular formula is C24H29ClFN7O2. The molecule has 3 aromatic rings. The van der Waals surface area contributed by atoms with Crippen LogP contribution in [0.2, 0.25) is 5.02 Å². The van der Waals surface area contributed by atoms with Gasteiger partial charge in [0.05, 0.1) is 28.9 Å². The quantitative estimate of drug-likeness (QED) is 0.451. The molecule has 0 aliphatic carbocycles. The monoisotopic (exact) mass is 501 g/mol. The van der Waals surface area contributed by atoms with Crippen LogP contribution in [-0.2, 0) is 6.54 Å². The van der Waals surface area contributed by atoms with Crippen LogP contribution in [0.3, 0.4) is 0 Å². The number of benzene rings is 1. The first kappa shape index (κ1) is 24.7. The molecule has 3 heterocycles. The van der Waals surface area contributed by atoms with E-state index in [0.717, 1.165) is 5.39 Å². The number of nitrogens with zero attached hydrogens (tertiary/aromatic N) is 4. The van der Waals surface area contributed by atoms with Crippen LogP contribution >= 0.6 is 11.6 Å². The number of nitrogens with two attached hydrogens (primary N) is 1. The number of hydrogen-bond donors (Lipinski definition) is 3. The van der Waals surface area contributed by atoms with E-state index >= 15 is 0 Å². The molecule has 1 aliphatic heterocycles. The number of likely N-dealkylation sites (tertiary alicyclic amines) is 1. The Kier molecular flexibility index (Phi) is 7.39. The zero-order chi connectivity index (χ0) is 25.1. The van der Waals surface area contributed by atoms with Gasteiger partial charge < -0.3 is 21.3 Å². The standard InChI is InChI=1S/C24H29ClFN7O2/c1-3-20(16-6-5-14(25)11-19(16)26)31-23(34)18-12-28-22-17(13-29-33(22)4-2)21(18)30-15-7-9-32(10-8-15)24(27)35/h5-6,11-13,15,20H,3-4,7-10H2,1-2H3,(H2,27,35)(H,28,30)(H,31,34)/t20-/m1/s1. The van der Waals surface area contributed by atoms with Gasteiger partial charge in [0.1, 0.15) is 5.82 Å². The van der Waals surface area contributed by atoms with E-state index in [2.05, 4.69) is 20.7 Å². The number of hydrogen-bond acceptors (Lipinski definition) is 5. The van der Waals surface area contributed by atoms with Gasteiger partial charge in [-0.1, -0.05) is 24.6 Å². The first-order chi connectivity index (χ1) is 16.8. The minimum Gasteiger partial charge on any atom is -0.381 e. The average Bonchev–Trinajstić information content (AvgIpc) is 3.27. The molecule has 186 valence electrons. The smallest absolute Gasteiger partial charge is 0.314 e. The second-order valence-corrected chi connectivity index (χ2v) is 9.02. The highest BCUT2D eigenvalue weighted by Crippen LogP contribution is 2.30. The molecule has 0 bridgehead atoms. The van der Waals surface area contributed by atoms with Crippen LogP contribution in [0, 0.1) is 5.82 Å². The summed E-state index contributed by atoms with van der Waals surface area (Å²) < 4.78 is 16.3. The van der Waals surface area contributed by atoms with E-state index < -0.39 is 17.9 Å². The molecule has 35 heavy (non-hydrogen) atoms. The van der Waals surface area contributed by atoms with Gasteiger partial charge in [0.2, 0.25) is 0 Å². The molecule has 0 saturated carbocycles. The van der Waals surface area contributed by atoms with E-state index in [1.165, 1.54) is 12.3 Å². The fraction of sp³-hybridized carbons (Fsp3) is 0.417. The number of urea groups is 1. The maximum Gasteiger partial charge on any atom is 0.314 e. The molecule has 1 atom stereocenters. The zero-order valence-electron chi connectivity index (χ0n) is 19.7. The van der Waals surface area contributed by atoms with Gasteiger partial charge in [-0.2, -0.15) is 5.10 Å². The number of anilines is 1. The maximum atomic E-state index is 14.6. The highest BCUT2D eigenvalue weighted by atomic mass is 35.5. The van der Waals surface area contributed by atoms with Gasteiger partial charge in [-0.3, -0.25) is 4.79 Å². The van der Waals surface area contributed by atoms with Crippen molar-refractivity contribution >= 4 is 40.3 Å². The number of amides is 3. The lowest BCUT2D eigenvalue weighted by atomic mass is 10.0. The minimum absolute atomic E-state index is 0.0309. The van der Waals surface area contributed by atoms with Crippen molar-refractivity contribution in [3.05, 3.63) is 52.6 Å². The number of halogens is 2. The Morgan fingerprint density at radius 1 is 1.26 bits per heavy atom. The second kappa shape index (κ2) is 10.5. The van der Waals surface area contributed by atoms with Gasteiger partial charge in [0, 0.05) is 42.5 Å². The van der Waals surface area contributed by atoms with Gasteiger partial charge in [0.15, 0.2) is 5.65 Å². The number of pyridine rings is 1. The van der Waals surface area contributed by atoms with Gasteiger partial charge in [-0.25, -0.2) is 18.9 Å². The highest BCUT2D eigenvalue weighted by Gasteiger charge is 2.26. The lowest BCUT2D eigenvalue weighted by molar-refractivity contribution is 0.0935. The molecule has 11 heteroatoms. The van der Waals surface area contributed by atoms with Crippen molar-refractivity contribution in [1.82, 2.24) is 25.0 Å². The Balaban J connectivity index is 1.64. The topological polar surface area (TPSA) is 118 Å². The Morgan fingerprint density at radius 2 is 2.00 bits per heavy atom. The Bertz CT molecular complexity index is 1240. The third kappa shape index (κ3) is 5.17. The summed E-state index contributed by atoms with van der Waals surface area (Å²) in [4.78, 5) is 31.0. The van der Waals surface area contributed by atoms with Gasteiger partial charge >= 0.3 is 6.03 Å². The van der Waals surface area contributed by atoms with E-state index in [1.54, 1.807) is 27.9 Å². The molecule has 0 unspecified atom stereocenters. The number of primary amides is 1. The SMILES string of the molecule is CC[C@@H](NC(=O)c1cnc2c(cnn2CC)c1NC1CCN(C(N)=O)CC1)c1ccc(Cl)cc1F. The van der Waals surface area contributed by atoms with Crippen molar-refractivity contribution in [3.8, 4) is 0 Å². The molecule has 4 rings (SSSR count). The molecule has 3 amide bonds. The summed E-state index contributed by atoms with van der Waals surface area (Å²) in [6, 6.07) is 3.49. The van der Waals surface area contributed by atoms with Crippen molar-refractivity contribution in [2.45, 2.75) is 51.7 Å². The van der Waals surface area contributed by atoms with E-state index in [0.29, 0.717) is 66.4 Å². The van der Waals surface area contributed by atoms with E-state index in [4.69, 9.17) is 17.3 Å². The largest absolute Gasteiger partial charge is 0.381 e. The van der Waals surface area contributed by atoms with Crippen LogP contribution in [0.5, 0.6) is 0 Å². The third-order valence-electron chi connectivity index (χ3n) is 6.42. The number of carbonyl (C=O) groups is 2. The second-order valence-electron chi connectivity index (χ2n) is 8.59. The number of piperidine rings is 1. The number of aryl methyl sites for hydroxylation is 1. The molecule has 0 radical (unpaired) electrons. The first-order valence-electron chi connectivity index (χ1n) is 11.7. The molecule has 1 saturated heterocycles. The van der Waals surface area contributed by atoms with Crippen LogP contribution in [0.15, 0.2) is 30.6 Å². The summed E-state index contributed by atoms with van der Waals surface area (Å²) in [5, 5.41) is 11.9. The van der Waals surface area contributed by atoms with E-state index in [9.17, 15) is 14.0 Å². The maximum absolute atomic E-state index is 14.6. The number of nitrogens with one attached hydrogen (secondary N) is 2. The van der Waals surface area contributed by atoms with Gasteiger partial charge in [-0.05, 0) is 38.3 Å². The zero-order valence-corrected chi connectivity index (χ0v) is 20.5. The predicted octanol–water partition coefficient (Wildman–Crippen LogP) is 4.08. The Morgan fingerprint density at radius 3 is 2.63 bits per heavy atom. The molecular weight excluding hydrogens is 473 g/mol. The van der Waals surface area contributed by atoms with Crippen molar-refractivity contribution in [1.29, 1.82) is 0 Å². The summed E-state index contributed by atoms with van der Waals surface area (Å²) in [6.45, 7) is 5.53. The Labute approximate surface area is 207 Å². The molecule has 9 nitrogen and oxygen atoms in total. The number of rotatable bonds is 7. The normalized spacial score (nSPS) is 15.3. The van der Waals surface area contributed by atoms with Crippen LogP contribution in [0.4, 0.5) is 14.9 Å². The fourth-order valence-electron chi connectivity index (χ4n) is 4.45. The number of fused-ring (bicyclic) bond motifs is 1. The first-order valence-corrected chi connectivity index (χ1v) is 12.1. The lowest BCUT2D eigenvalue weighted by Gasteiger charge is -2.32. The molecule has 4 N–H and O–H groups in total. The lowest BCUT2D eigenvalue weighted by Crippen LogP contribution is -2.45. The van der Waals surface area contributed by atoms with Gasteiger partial charge in [0.25, 0.3) is 5.91 Å². The third-order valence-corrected chi connectivity index (χ3v) is 6.65. The summed E-state index contributed by atoms with van der Waals surface area (Å²) >= 11 is 5.90. The van der Waals surface area contributed by atoms with E-state index in [-0.39, 0.29) is 11.9 Å². The predicted molar refractivity (Wildman–Crippen MR) is 133 cm³/mol. The van der Waals surface area contributed by atoms with Crippen LogP contribution in [-0.4, -0.2) is 50.7 Å². The summed E-state index contributed by atoms with van der Waals surface area (Å²) in [5.41, 5.74) is 7.41. The molecule has 1 fully saturated rings. The average molecular weight is 502 g/mol. The van der Waals surface area contributed by atoms with Crippen LogP contribution < -0.4 is 16.4 Å². The van der Waals surface area contributed by atoms with Crippen molar-refractivity contribution in [3.63, 3.8) is 0 Å². The highest BCUT2D eigenvalue weighted by molar-refractivity contribution is 6.30. The van der Waals surface area contributed by atoms with Crippen molar-refractivity contribution < 1.29 is 14.0 Å². The van der Waals surface area contributed by atoms with Crippen LogP contribution in [0.1, 0.15) is 55.1 Å². The summed E-state index contributed by atoms with van der Waals surface area (Å²) in [7, 11) is 0. The van der Waals surface area contributed by atoms with Crippen molar-refractivity contribution in [2.75, 3.05) is 18.4 Å². The Hall–Kier alpha value is -3.40. The molecule has 2 aromatic heterocycles. The molecule has 0 spiro atoms. The minimum atomic E-state index is -0.541. The number of carbonyl (C=O) groups excluding carboxylic acids is 2. The number of aromatic nitrogens is 3. The van der Waals surface area contributed by atoms with Gasteiger partial charge in [-0.15, -0.1) is 0 Å². The summed E-state index contributed by atoms with van der Waals surface area (Å²) in [6.07, 6.45) is 5.08. The molecule has 1 aliphatic rings. The van der Waals surface area contributed by atoms with Crippen molar-refractivity contribution in [2.24, 2.45) is 5.73 Å². The summed E-state index contributed by atoms with van der Waals surface area (Å²) in [5.74, 6) is -0.844.